The van der Waals surface area contributed by atoms with E-state index in [1.54, 1.807) is 0 Å². The Kier molecular flexibility index (Phi) is 5.63. The summed E-state index contributed by atoms with van der Waals surface area (Å²) in [6.45, 7) is 2.27. The first-order valence-corrected chi connectivity index (χ1v) is 7.99. The maximum Gasteiger partial charge on any atom is 0.307 e. The normalized spacial score (nSPS) is 22.6. The second-order valence-electron chi connectivity index (χ2n) is 6.17. The van der Waals surface area contributed by atoms with Crippen molar-refractivity contribution in [2.75, 3.05) is 0 Å². The van der Waals surface area contributed by atoms with E-state index in [4.69, 9.17) is 5.11 Å². The maximum absolute atomic E-state index is 10.7. The molecule has 1 aromatic rings. The number of unbranched alkanes of at least 4 members (excludes halogenated alkanes) is 1. The van der Waals surface area contributed by atoms with E-state index in [9.17, 15) is 4.79 Å². The summed E-state index contributed by atoms with van der Waals surface area (Å²) >= 11 is 0. The molecule has 0 bridgehead atoms. The molecule has 0 unspecified atom stereocenters. The fourth-order valence-corrected chi connectivity index (χ4v) is 3.36. The molecule has 1 aromatic carbocycles. The monoisotopic (exact) mass is 274 g/mol. The number of hydrogen-bond acceptors (Lipinski definition) is 1. The van der Waals surface area contributed by atoms with E-state index in [0.29, 0.717) is 5.92 Å². The fraction of sp³-hybridized carbons (Fsp3) is 0.611. The van der Waals surface area contributed by atoms with Crippen molar-refractivity contribution in [1.29, 1.82) is 0 Å². The van der Waals surface area contributed by atoms with Crippen LogP contribution in [0.2, 0.25) is 0 Å². The van der Waals surface area contributed by atoms with E-state index >= 15 is 0 Å². The predicted molar refractivity (Wildman–Crippen MR) is 82.0 cm³/mol. The van der Waals surface area contributed by atoms with Crippen LogP contribution in [-0.2, 0) is 11.2 Å². The summed E-state index contributed by atoms with van der Waals surface area (Å²) < 4.78 is 0. The van der Waals surface area contributed by atoms with Gasteiger partial charge >= 0.3 is 5.97 Å². The summed E-state index contributed by atoms with van der Waals surface area (Å²) in [5.74, 6) is 0.874. The quantitative estimate of drug-likeness (QED) is 0.810. The van der Waals surface area contributed by atoms with Crippen molar-refractivity contribution in [3.63, 3.8) is 0 Å². The molecule has 1 N–H and O–H groups in total. The Morgan fingerprint density at radius 3 is 2.35 bits per heavy atom. The lowest BCUT2D eigenvalue weighted by Gasteiger charge is -2.28. The Morgan fingerprint density at radius 1 is 1.15 bits per heavy atom. The van der Waals surface area contributed by atoms with E-state index in [1.165, 1.54) is 50.5 Å². The topological polar surface area (TPSA) is 37.3 Å². The summed E-state index contributed by atoms with van der Waals surface area (Å²) in [6.07, 6.45) is 9.54. The first kappa shape index (κ1) is 15.1. The summed E-state index contributed by atoms with van der Waals surface area (Å²) in [6, 6.07) is 8.23. The van der Waals surface area contributed by atoms with Crippen molar-refractivity contribution in [3.05, 3.63) is 35.4 Å². The molecule has 2 nitrogen and oxygen atoms in total. The molecule has 110 valence electrons. The van der Waals surface area contributed by atoms with Gasteiger partial charge in [-0.15, -0.1) is 0 Å². The Labute approximate surface area is 122 Å². The molecule has 2 heteroatoms. The summed E-state index contributed by atoms with van der Waals surface area (Å²) in [5.41, 5.74) is 2.30. The summed E-state index contributed by atoms with van der Waals surface area (Å²) in [5, 5.41) is 8.78. The van der Waals surface area contributed by atoms with Gasteiger partial charge in [0.1, 0.15) is 0 Å². The van der Waals surface area contributed by atoms with Crippen LogP contribution < -0.4 is 0 Å². The van der Waals surface area contributed by atoms with E-state index < -0.39 is 5.97 Å². The lowest BCUT2D eigenvalue weighted by atomic mass is 9.77. The molecule has 0 spiro atoms. The molecule has 2 rings (SSSR count). The van der Waals surface area contributed by atoms with Crippen molar-refractivity contribution in [2.45, 2.75) is 64.2 Å². The Morgan fingerprint density at radius 2 is 1.80 bits per heavy atom. The van der Waals surface area contributed by atoms with Gasteiger partial charge in [-0.25, -0.2) is 0 Å². The maximum atomic E-state index is 10.7. The second kappa shape index (κ2) is 7.47. The van der Waals surface area contributed by atoms with Crippen molar-refractivity contribution < 1.29 is 9.90 Å². The molecule has 0 amide bonds. The molecule has 1 saturated carbocycles. The molecule has 1 fully saturated rings. The highest BCUT2D eigenvalue weighted by Gasteiger charge is 2.21. The summed E-state index contributed by atoms with van der Waals surface area (Å²) in [7, 11) is 0. The zero-order valence-corrected chi connectivity index (χ0v) is 12.5. The third-order valence-corrected chi connectivity index (χ3v) is 4.62. The average Bonchev–Trinajstić information content (AvgIpc) is 2.46. The SMILES string of the molecule is CCCCC1CCC(c2ccc(CC(=O)O)cc2)CC1. The molecule has 0 saturated heterocycles. The van der Waals surface area contributed by atoms with Crippen molar-refractivity contribution in [1.82, 2.24) is 0 Å². The van der Waals surface area contributed by atoms with E-state index in [2.05, 4.69) is 19.1 Å². The number of benzene rings is 1. The van der Waals surface area contributed by atoms with Gasteiger partial charge in [-0.1, -0.05) is 50.5 Å². The standard InChI is InChI=1S/C18H26O2/c1-2-3-4-14-5-9-16(10-6-14)17-11-7-15(8-12-17)13-18(19)20/h7-8,11-12,14,16H,2-6,9-10,13H2,1H3,(H,19,20). The zero-order chi connectivity index (χ0) is 14.4. The lowest BCUT2D eigenvalue weighted by molar-refractivity contribution is -0.136. The van der Waals surface area contributed by atoms with Crippen molar-refractivity contribution >= 4 is 5.97 Å². The molecule has 0 atom stereocenters. The minimum Gasteiger partial charge on any atom is -0.481 e. The third-order valence-electron chi connectivity index (χ3n) is 4.62. The van der Waals surface area contributed by atoms with Gasteiger partial charge in [0, 0.05) is 0 Å². The van der Waals surface area contributed by atoms with Crippen molar-refractivity contribution in [3.8, 4) is 0 Å². The van der Waals surface area contributed by atoms with E-state index in [-0.39, 0.29) is 6.42 Å². The van der Waals surface area contributed by atoms with Crippen LogP contribution in [0.15, 0.2) is 24.3 Å². The smallest absolute Gasteiger partial charge is 0.307 e. The van der Waals surface area contributed by atoms with Gasteiger partial charge in [0.2, 0.25) is 0 Å². The van der Waals surface area contributed by atoms with Crippen LogP contribution in [0.5, 0.6) is 0 Å². The van der Waals surface area contributed by atoms with Crippen LogP contribution in [0.1, 0.15) is 68.9 Å². The molecular weight excluding hydrogens is 248 g/mol. The first-order valence-electron chi connectivity index (χ1n) is 7.99. The van der Waals surface area contributed by atoms with Crippen LogP contribution in [0.3, 0.4) is 0 Å². The highest BCUT2D eigenvalue weighted by atomic mass is 16.4. The fourth-order valence-electron chi connectivity index (χ4n) is 3.36. The van der Waals surface area contributed by atoms with Gasteiger partial charge in [-0.2, -0.15) is 0 Å². The number of rotatable bonds is 6. The van der Waals surface area contributed by atoms with Crippen LogP contribution in [-0.4, -0.2) is 11.1 Å². The molecular formula is C18H26O2. The first-order chi connectivity index (χ1) is 9.69. The van der Waals surface area contributed by atoms with Crippen LogP contribution >= 0.6 is 0 Å². The molecule has 0 aliphatic heterocycles. The van der Waals surface area contributed by atoms with Gasteiger partial charge in [0.25, 0.3) is 0 Å². The van der Waals surface area contributed by atoms with E-state index in [0.717, 1.165) is 11.5 Å². The molecule has 1 aliphatic carbocycles. The molecule has 0 heterocycles. The largest absolute Gasteiger partial charge is 0.481 e. The van der Waals surface area contributed by atoms with Crippen molar-refractivity contribution in [2.24, 2.45) is 5.92 Å². The highest BCUT2D eigenvalue weighted by Crippen LogP contribution is 2.37. The molecule has 20 heavy (non-hydrogen) atoms. The zero-order valence-electron chi connectivity index (χ0n) is 12.5. The highest BCUT2D eigenvalue weighted by molar-refractivity contribution is 5.70. The van der Waals surface area contributed by atoms with Gasteiger partial charge in [-0.3, -0.25) is 4.79 Å². The minimum atomic E-state index is -0.755. The van der Waals surface area contributed by atoms with E-state index in [1.807, 2.05) is 12.1 Å². The van der Waals surface area contributed by atoms with Gasteiger partial charge in [0.15, 0.2) is 0 Å². The Hall–Kier alpha value is -1.31. The third kappa shape index (κ3) is 4.36. The van der Waals surface area contributed by atoms with Crippen LogP contribution in [0.4, 0.5) is 0 Å². The van der Waals surface area contributed by atoms with Gasteiger partial charge in [-0.05, 0) is 48.6 Å². The number of carboxylic acid groups (broad SMARTS) is 1. The lowest BCUT2D eigenvalue weighted by Crippen LogP contribution is -2.13. The number of hydrogen-bond donors (Lipinski definition) is 1. The Balaban J connectivity index is 1.85. The Bertz CT molecular complexity index is 414. The van der Waals surface area contributed by atoms with Crippen LogP contribution in [0.25, 0.3) is 0 Å². The number of carbonyl (C=O) groups is 1. The number of carboxylic acids is 1. The van der Waals surface area contributed by atoms with Gasteiger partial charge in [0.05, 0.1) is 6.42 Å². The summed E-state index contributed by atoms with van der Waals surface area (Å²) in [4.78, 5) is 10.7. The van der Waals surface area contributed by atoms with Crippen LogP contribution in [0, 0.1) is 5.92 Å². The van der Waals surface area contributed by atoms with Gasteiger partial charge < -0.3 is 5.11 Å². The molecule has 0 radical (unpaired) electrons. The number of aliphatic carboxylic acids is 1. The molecule has 0 aromatic heterocycles. The molecule has 1 aliphatic rings. The average molecular weight is 274 g/mol. The minimum absolute atomic E-state index is 0.129. The second-order valence-corrected chi connectivity index (χ2v) is 6.17. The predicted octanol–water partition coefficient (Wildman–Crippen LogP) is 4.78.